The molecule has 0 saturated carbocycles. The molecule has 1 unspecified atom stereocenters. The van der Waals surface area contributed by atoms with E-state index in [0.29, 0.717) is 65.7 Å². The molecule has 47 heavy (non-hydrogen) atoms. The van der Waals surface area contributed by atoms with Crippen molar-refractivity contribution in [2.24, 2.45) is 4.99 Å². The van der Waals surface area contributed by atoms with Crippen LogP contribution in [0.2, 0.25) is 10.0 Å². The normalized spacial score (nSPS) is 22.9. The summed E-state index contributed by atoms with van der Waals surface area (Å²) in [5.41, 5.74) is 1.50. The predicted octanol–water partition coefficient (Wildman–Crippen LogP) is 6.95. The average molecular weight is 680 g/mol. The van der Waals surface area contributed by atoms with Crippen molar-refractivity contribution < 1.29 is 23.8 Å². The van der Waals surface area contributed by atoms with Gasteiger partial charge in [0.1, 0.15) is 29.0 Å². The van der Waals surface area contributed by atoms with Gasteiger partial charge in [-0.15, -0.1) is 0 Å². The van der Waals surface area contributed by atoms with Gasteiger partial charge in [-0.2, -0.15) is 0 Å². The fraction of sp³-hybridized carbons (Fsp3) is 0.417. The molecule has 248 valence electrons. The van der Waals surface area contributed by atoms with Gasteiger partial charge in [-0.1, -0.05) is 47.5 Å². The van der Waals surface area contributed by atoms with Crippen molar-refractivity contribution in [2.45, 2.75) is 57.4 Å². The molecule has 0 spiro atoms. The summed E-state index contributed by atoms with van der Waals surface area (Å²) in [6.07, 6.45) is 1.09. The van der Waals surface area contributed by atoms with Gasteiger partial charge in [-0.25, -0.2) is 4.79 Å². The Kier molecular flexibility index (Phi) is 9.69. The summed E-state index contributed by atoms with van der Waals surface area (Å²) in [5.74, 6) is 1.66. The first kappa shape index (κ1) is 33.1. The summed E-state index contributed by atoms with van der Waals surface area (Å²) in [6.45, 7) is 8.16. The second-order valence-electron chi connectivity index (χ2n) is 12.5. The lowest BCUT2D eigenvalue weighted by molar-refractivity contribution is -0.142. The van der Waals surface area contributed by atoms with Gasteiger partial charge >= 0.3 is 6.03 Å². The average Bonchev–Trinajstić information content (AvgIpc) is 3.72. The molecule has 0 bridgehead atoms. The number of aliphatic imine (C=N–C) groups is 1. The van der Waals surface area contributed by atoms with Crippen LogP contribution in [0.1, 0.15) is 56.3 Å². The zero-order chi connectivity index (χ0) is 33.3. The van der Waals surface area contributed by atoms with E-state index in [4.69, 9.17) is 42.4 Å². The van der Waals surface area contributed by atoms with E-state index >= 15 is 0 Å². The van der Waals surface area contributed by atoms with Crippen molar-refractivity contribution in [3.05, 3.63) is 93.5 Å². The van der Waals surface area contributed by atoms with Crippen molar-refractivity contribution >= 4 is 41.0 Å². The fourth-order valence-corrected chi connectivity index (χ4v) is 6.89. The van der Waals surface area contributed by atoms with E-state index < -0.39 is 17.7 Å². The number of methoxy groups -OCH3 is 1. The maximum Gasteiger partial charge on any atom is 0.326 e. The molecule has 0 aliphatic carbocycles. The van der Waals surface area contributed by atoms with Gasteiger partial charge in [-0.05, 0) is 81.1 Å². The second-order valence-corrected chi connectivity index (χ2v) is 13.4. The summed E-state index contributed by atoms with van der Waals surface area (Å²) in [5, 5.41) is 1.20. The number of amidine groups is 1. The van der Waals surface area contributed by atoms with E-state index in [-0.39, 0.29) is 18.0 Å². The van der Waals surface area contributed by atoms with Crippen molar-refractivity contribution in [2.75, 3.05) is 39.9 Å². The Labute approximate surface area is 286 Å². The largest absolute Gasteiger partial charge is 0.497 e. The second kappa shape index (κ2) is 13.7. The Balaban J connectivity index is 1.45. The molecule has 3 aromatic rings. The van der Waals surface area contributed by atoms with Gasteiger partial charge in [0.2, 0.25) is 0 Å². The third-order valence-corrected chi connectivity index (χ3v) is 9.54. The maximum atomic E-state index is 14.9. The van der Waals surface area contributed by atoms with Crippen LogP contribution in [-0.2, 0) is 15.1 Å². The highest BCUT2D eigenvalue weighted by Gasteiger charge is 2.52. The minimum absolute atomic E-state index is 0.00101. The molecule has 0 N–H and O–H groups in total. The first-order valence-corrected chi connectivity index (χ1v) is 16.8. The summed E-state index contributed by atoms with van der Waals surface area (Å²) in [7, 11) is 1.61. The first-order chi connectivity index (χ1) is 22.6. The van der Waals surface area contributed by atoms with E-state index in [0.717, 1.165) is 24.0 Å². The minimum atomic E-state index is -0.921. The number of amides is 3. The van der Waals surface area contributed by atoms with Crippen LogP contribution in [0.25, 0.3) is 0 Å². The van der Waals surface area contributed by atoms with Crippen molar-refractivity contribution in [3.8, 4) is 11.5 Å². The molecular formula is C36H40Cl2N4O5. The Morgan fingerprint density at radius 3 is 2.17 bits per heavy atom. The number of carbonyl (C=O) groups excluding carboxylic acids is 2. The number of nitrogens with zero attached hydrogens (tertiary/aromatic N) is 4. The number of carbonyl (C=O) groups is 2. The molecule has 2 fully saturated rings. The fourth-order valence-electron chi connectivity index (χ4n) is 6.64. The number of hydrogen-bond acceptors (Lipinski definition) is 6. The van der Waals surface area contributed by atoms with Gasteiger partial charge < -0.3 is 24.0 Å². The Morgan fingerprint density at radius 2 is 1.57 bits per heavy atom. The van der Waals surface area contributed by atoms with Gasteiger partial charge in [0.15, 0.2) is 0 Å². The van der Waals surface area contributed by atoms with Crippen LogP contribution < -0.4 is 9.47 Å². The third kappa shape index (κ3) is 6.66. The summed E-state index contributed by atoms with van der Waals surface area (Å²) >= 11 is 12.7. The lowest BCUT2D eigenvalue weighted by Gasteiger charge is -2.41. The molecule has 9 nitrogen and oxygen atoms in total. The van der Waals surface area contributed by atoms with Crippen LogP contribution in [0, 0.1) is 0 Å². The van der Waals surface area contributed by atoms with Crippen molar-refractivity contribution in [1.82, 2.24) is 14.7 Å². The predicted molar refractivity (Wildman–Crippen MR) is 183 cm³/mol. The molecule has 11 heteroatoms. The summed E-state index contributed by atoms with van der Waals surface area (Å²) in [6, 6.07) is 19.9. The molecule has 3 aromatic carbocycles. The van der Waals surface area contributed by atoms with Crippen LogP contribution in [0.4, 0.5) is 4.79 Å². The highest BCUT2D eigenvalue weighted by molar-refractivity contribution is 6.30. The third-order valence-electron chi connectivity index (χ3n) is 9.04. The van der Waals surface area contributed by atoms with Crippen molar-refractivity contribution in [3.63, 3.8) is 0 Å². The molecular weight excluding hydrogens is 639 g/mol. The molecule has 3 heterocycles. The van der Waals surface area contributed by atoms with Crippen LogP contribution in [-0.4, -0.2) is 84.6 Å². The number of hydrogen-bond donors (Lipinski definition) is 0. The number of rotatable bonds is 7. The molecule has 6 rings (SSSR count). The molecule has 0 aromatic heterocycles. The van der Waals surface area contributed by atoms with Crippen LogP contribution in [0.3, 0.4) is 0 Å². The van der Waals surface area contributed by atoms with Gasteiger partial charge in [0, 0.05) is 48.9 Å². The van der Waals surface area contributed by atoms with E-state index in [9.17, 15) is 9.59 Å². The lowest BCUT2D eigenvalue weighted by Crippen LogP contribution is -2.56. The van der Waals surface area contributed by atoms with Crippen LogP contribution in [0.5, 0.6) is 11.5 Å². The molecule has 3 amide bonds. The number of urea groups is 1. The Morgan fingerprint density at radius 1 is 0.936 bits per heavy atom. The van der Waals surface area contributed by atoms with Gasteiger partial charge in [0.25, 0.3) is 5.91 Å². The summed E-state index contributed by atoms with van der Waals surface area (Å²) in [4.78, 5) is 38.8. The highest BCUT2D eigenvalue weighted by atomic mass is 35.5. The number of benzene rings is 3. The van der Waals surface area contributed by atoms with E-state index in [1.165, 1.54) is 0 Å². The molecule has 3 aliphatic heterocycles. The smallest absolute Gasteiger partial charge is 0.326 e. The lowest BCUT2D eigenvalue weighted by atomic mass is 9.81. The standard InChI is InChI=1S/C36H40Cl2N4O5/c1-23(2)47-31-22-28(45-4)15-16-29(31)33-39-36(3,25-9-13-27(38)14-10-25)32(24-7-11-26(37)12-8-24)42(33)35(44)41-19-17-40(18-20-41)34(43)30-6-5-21-46-30/h7-16,22-23,30,32H,5-6,17-21H2,1-4H3/t30?,32-,36+/m1/s1. The van der Waals surface area contributed by atoms with E-state index in [2.05, 4.69) is 0 Å². The van der Waals surface area contributed by atoms with Crippen LogP contribution >= 0.6 is 23.2 Å². The zero-order valence-corrected chi connectivity index (χ0v) is 28.6. The number of ether oxygens (including phenoxy) is 3. The highest BCUT2D eigenvalue weighted by Crippen LogP contribution is 2.50. The van der Waals surface area contributed by atoms with Crippen LogP contribution in [0.15, 0.2) is 71.7 Å². The summed E-state index contributed by atoms with van der Waals surface area (Å²) < 4.78 is 17.5. The topological polar surface area (TPSA) is 83.9 Å². The monoisotopic (exact) mass is 678 g/mol. The molecule has 0 radical (unpaired) electrons. The molecule has 3 aliphatic rings. The van der Waals surface area contributed by atoms with E-state index in [1.54, 1.807) is 16.9 Å². The number of halogens is 2. The maximum absolute atomic E-state index is 14.9. The Hall–Kier alpha value is -3.79. The minimum Gasteiger partial charge on any atom is -0.497 e. The number of piperazine rings is 1. The van der Waals surface area contributed by atoms with Gasteiger partial charge in [-0.3, -0.25) is 14.7 Å². The molecule has 3 atom stereocenters. The molecule has 2 saturated heterocycles. The van der Waals surface area contributed by atoms with Gasteiger partial charge in [0.05, 0.1) is 24.8 Å². The zero-order valence-electron chi connectivity index (χ0n) is 27.1. The quantitative estimate of drug-likeness (QED) is 0.270. The Bertz CT molecular complexity index is 1630. The SMILES string of the molecule is COc1ccc(C2=N[C@@](C)(c3ccc(Cl)cc3)[C@@H](c3ccc(Cl)cc3)N2C(=O)N2CCN(C(=O)C3CCCO3)CC2)c(OC(C)C)c1. The van der Waals surface area contributed by atoms with E-state index in [1.807, 2.05) is 92.4 Å². The first-order valence-electron chi connectivity index (χ1n) is 16.0. The van der Waals surface area contributed by atoms with Crippen molar-refractivity contribution in [1.29, 1.82) is 0 Å².